The van der Waals surface area contributed by atoms with Gasteiger partial charge in [0, 0.05) is 37.4 Å². The standard InChI is InChI=1S/C16H24N2O2/c1-3-14(11-16(19)20)17-9-10-18(13(2)12-17)15-7-5-4-6-8-15/h4-8,13-14H,3,9-12H2,1-2H3,(H,19,20)/t13-,14?/m1/s1. The zero-order valence-corrected chi connectivity index (χ0v) is 12.3. The molecule has 1 aromatic carbocycles. The normalized spacial score (nSPS) is 21.7. The van der Waals surface area contributed by atoms with Crippen LogP contribution in [0, 0.1) is 0 Å². The largest absolute Gasteiger partial charge is 0.481 e. The van der Waals surface area contributed by atoms with E-state index in [0.717, 1.165) is 26.1 Å². The first kappa shape index (κ1) is 14.9. The fourth-order valence-corrected chi connectivity index (χ4v) is 3.05. The number of carboxylic acid groups (broad SMARTS) is 1. The number of hydrogen-bond acceptors (Lipinski definition) is 3. The van der Waals surface area contributed by atoms with E-state index in [2.05, 4.69) is 47.9 Å². The molecule has 1 aliphatic rings. The van der Waals surface area contributed by atoms with Crippen molar-refractivity contribution in [1.29, 1.82) is 0 Å². The molecule has 4 heteroatoms. The van der Waals surface area contributed by atoms with Gasteiger partial charge < -0.3 is 10.0 Å². The third-order valence-electron chi connectivity index (χ3n) is 4.14. The Morgan fingerprint density at radius 2 is 2.05 bits per heavy atom. The molecule has 1 fully saturated rings. The summed E-state index contributed by atoms with van der Waals surface area (Å²) in [7, 11) is 0. The van der Waals surface area contributed by atoms with Crippen molar-refractivity contribution >= 4 is 11.7 Å². The quantitative estimate of drug-likeness (QED) is 0.897. The van der Waals surface area contributed by atoms with Crippen LogP contribution in [0.25, 0.3) is 0 Å². The van der Waals surface area contributed by atoms with Crippen molar-refractivity contribution in [1.82, 2.24) is 4.90 Å². The number of nitrogens with zero attached hydrogens (tertiary/aromatic N) is 2. The predicted octanol–water partition coefficient (Wildman–Crippen LogP) is 2.45. The molecule has 0 aliphatic carbocycles. The monoisotopic (exact) mass is 276 g/mol. The molecule has 0 amide bonds. The first-order valence-corrected chi connectivity index (χ1v) is 7.39. The Morgan fingerprint density at radius 1 is 1.35 bits per heavy atom. The summed E-state index contributed by atoms with van der Waals surface area (Å²) in [6.07, 6.45) is 1.14. The van der Waals surface area contributed by atoms with Crippen LogP contribution in [0.15, 0.2) is 30.3 Å². The summed E-state index contributed by atoms with van der Waals surface area (Å²) in [5, 5.41) is 9.00. The van der Waals surface area contributed by atoms with Gasteiger partial charge in [-0.05, 0) is 25.5 Å². The number of hydrogen-bond donors (Lipinski definition) is 1. The van der Waals surface area contributed by atoms with Crippen molar-refractivity contribution in [2.45, 2.75) is 38.8 Å². The molecule has 1 aliphatic heterocycles. The summed E-state index contributed by atoms with van der Waals surface area (Å²) < 4.78 is 0. The van der Waals surface area contributed by atoms with Crippen molar-refractivity contribution in [3.8, 4) is 0 Å². The molecule has 0 aromatic heterocycles. The molecule has 1 heterocycles. The van der Waals surface area contributed by atoms with Gasteiger partial charge in [0.25, 0.3) is 0 Å². The van der Waals surface area contributed by atoms with Crippen LogP contribution >= 0.6 is 0 Å². The number of carbonyl (C=O) groups is 1. The second kappa shape index (κ2) is 6.75. The lowest BCUT2D eigenvalue weighted by atomic mass is 10.1. The summed E-state index contributed by atoms with van der Waals surface area (Å²) in [4.78, 5) is 15.7. The topological polar surface area (TPSA) is 43.8 Å². The third kappa shape index (κ3) is 3.51. The Bertz CT molecular complexity index is 435. The Labute approximate surface area is 121 Å². The first-order valence-electron chi connectivity index (χ1n) is 7.39. The van der Waals surface area contributed by atoms with Crippen molar-refractivity contribution in [2.75, 3.05) is 24.5 Å². The van der Waals surface area contributed by atoms with E-state index in [-0.39, 0.29) is 12.5 Å². The summed E-state index contributed by atoms with van der Waals surface area (Å²) in [6, 6.07) is 11.0. The van der Waals surface area contributed by atoms with E-state index >= 15 is 0 Å². The molecule has 1 aromatic rings. The highest BCUT2D eigenvalue weighted by molar-refractivity contribution is 5.67. The molecule has 1 N–H and O–H groups in total. The highest BCUT2D eigenvalue weighted by atomic mass is 16.4. The van der Waals surface area contributed by atoms with E-state index in [1.807, 2.05) is 6.07 Å². The highest BCUT2D eigenvalue weighted by Gasteiger charge is 2.28. The number of carboxylic acids is 1. The molecule has 20 heavy (non-hydrogen) atoms. The van der Waals surface area contributed by atoms with Gasteiger partial charge in [0.15, 0.2) is 0 Å². The van der Waals surface area contributed by atoms with E-state index in [1.54, 1.807) is 0 Å². The van der Waals surface area contributed by atoms with E-state index < -0.39 is 5.97 Å². The van der Waals surface area contributed by atoms with Gasteiger partial charge in [-0.2, -0.15) is 0 Å². The number of aliphatic carboxylic acids is 1. The molecular weight excluding hydrogens is 252 g/mol. The Hall–Kier alpha value is -1.55. The fourth-order valence-electron chi connectivity index (χ4n) is 3.05. The highest BCUT2D eigenvalue weighted by Crippen LogP contribution is 2.22. The minimum atomic E-state index is -0.699. The Balaban J connectivity index is 1.99. The molecule has 0 radical (unpaired) electrons. The van der Waals surface area contributed by atoms with Gasteiger partial charge in [-0.25, -0.2) is 0 Å². The van der Waals surface area contributed by atoms with Crippen LogP contribution < -0.4 is 4.90 Å². The van der Waals surface area contributed by atoms with Gasteiger partial charge in [-0.3, -0.25) is 9.69 Å². The summed E-state index contributed by atoms with van der Waals surface area (Å²) in [5.74, 6) is -0.699. The fraction of sp³-hybridized carbons (Fsp3) is 0.562. The first-order chi connectivity index (χ1) is 9.61. The van der Waals surface area contributed by atoms with Crippen molar-refractivity contribution in [3.05, 3.63) is 30.3 Å². The molecule has 1 unspecified atom stereocenters. The van der Waals surface area contributed by atoms with Crippen LogP contribution in [0.1, 0.15) is 26.7 Å². The summed E-state index contributed by atoms with van der Waals surface area (Å²) >= 11 is 0. The zero-order chi connectivity index (χ0) is 14.5. The number of piperazine rings is 1. The van der Waals surface area contributed by atoms with Gasteiger partial charge in [0.05, 0.1) is 6.42 Å². The molecule has 4 nitrogen and oxygen atoms in total. The molecule has 110 valence electrons. The lowest BCUT2D eigenvalue weighted by molar-refractivity contribution is -0.138. The zero-order valence-electron chi connectivity index (χ0n) is 12.3. The third-order valence-corrected chi connectivity index (χ3v) is 4.14. The molecule has 2 atom stereocenters. The number of rotatable bonds is 5. The van der Waals surface area contributed by atoms with Crippen LogP contribution in [0.4, 0.5) is 5.69 Å². The molecule has 0 bridgehead atoms. The van der Waals surface area contributed by atoms with Crippen LogP contribution in [0.2, 0.25) is 0 Å². The van der Waals surface area contributed by atoms with Gasteiger partial charge in [0.1, 0.15) is 0 Å². The summed E-state index contributed by atoms with van der Waals surface area (Å²) in [6.45, 7) is 7.11. The minimum Gasteiger partial charge on any atom is -0.481 e. The Kier molecular flexibility index (Phi) is 5.01. The van der Waals surface area contributed by atoms with E-state index in [0.29, 0.717) is 6.04 Å². The van der Waals surface area contributed by atoms with Crippen LogP contribution in [0.5, 0.6) is 0 Å². The predicted molar refractivity (Wildman–Crippen MR) is 81.2 cm³/mol. The molecule has 1 saturated heterocycles. The van der Waals surface area contributed by atoms with Gasteiger partial charge >= 0.3 is 5.97 Å². The lowest BCUT2D eigenvalue weighted by Crippen LogP contribution is -2.55. The molecule has 0 spiro atoms. The van der Waals surface area contributed by atoms with Crippen molar-refractivity contribution in [2.24, 2.45) is 0 Å². The maximum atomic E-state index is 10.9. The van der Waals surface area contributed by atoms with Crippen LogP contribution in [0.3, 0.4) is 0 Å². The van der Waals surface area contributed by atoms with Gasteiger partial charge in [0.2, 0.25) is 0 Å². The SMILES string of the molecule is CCC(CC(=O)O)N1CCN(c2ccccc2)[C@H](C)C1. The maximum Gasteiger partial charge on any atom is 0.304 e. The van der Waals surface area contributed by atoms with E-state index in [1.165, 1.54) is 5.69 Å². The average molecular weight is 276 g/mol. The summed E-state index contributed by atoms with van der Waals surface area (Å²) in [5.41, 5.74) is 1.26. The van der Waals surface area contributed by atoms with Crippen molar-refractivity contribution in [3.63, 3.8) is 0 Å². The lowest BCUT2D eigenvalue weighted by Gasteiger charge is -2.44. The minimum absolute atomic E-state index is 0.160. The molecular formula is C16H24N2O2. The van der Waals surface area contributed by atoms with Gasteiger partial charge in [-0.15, -0.1) is 0 Å². The second-order valence-corrected chi connectivity index (χ2v) is 5.53. The number of anilines is 1. The average Bonchev–Trinajstić information content (AvgIpc) is 2.45. The van der Waals surface area contributed by atoms with Gasteiger partial charge in [-0.1, -0.05) is 25.1 Å². The molecule has 0 saturated carbocycles. The van der Waals surface area contributed by atoms with Crippen LogP contribution in [-0.4, -0.2) is 47.7 Å². The Morgan fingerprint density at radius 3 is 2.60 bits per heavy atom. The second-order valence-electron chi connectivity index (χ2n) is 5.53. The molecule has 2 rings (SSSR count). The maximum absolute atomic E-state index is 10.9. The van der Waals surface area contributed by atoms with Crippen molar-refractivity contribution < 1.29 is 9.90 Å². The van der Waals surface area contributed by atoms with Crippen LogP contribution in [-0.2, 0) is 4.79 Å². The van der Waals surface area contributed by atoms with E-state index in [9.17, 15) is 4.79 Å². The van der Waals surface area contributed by atoms with E-state index in [4.69, 9.17) is 5.11 Å². The number of para-hydroxylation sites is 1. The number of benzene rings is 1. The smallest absolute Gasteiger partial charge is 0.304 e.